The van der Waals surface area contributed by atoms with Gasteiger partial charge >= 0.3 is 0 Å². The van der Waals surface area contributed by atoms with E-state index in [0.717, 1.165) is 42.5 Å². The fraction of sp³-hybridized carbons (Fsp3) is 0.308. The first-order chi connectivity index (χ1) is 8.92. The van der Waals surface area contributed by atoms with Gasteiger partial charge in [-0.25, -0.2) is 4.98 Å². The van der Waals surface area contributed by atoms with Crippen molar-refractivity contribution in [1.29, 1.82) is 0 Å². The zero-order valence-corrected chi connectivity index (χ0v) is 9.85. The summed E-state index contributed by atoms with van der Waals surface area (Å²) >= 11 is 0. The Hall–Kier alpha value is -2.01. The number of fused-ring (bicyclic) bond motifs is 2. The Morgan fingerprint density at radius 1 is 1.22 bits per heavy atom. The lowest BCUT2D eigenvalue weighted by Gasteiger charge is -2.17. The molecular formula is C13H13N3O2. The summed E-state index contributed by atoms with van der Waals surface area (Å²) in [6.07, 6.45) is 1.94. The molecule has 1 aromatic carbocycles. The molecule has 0 atom stereocenters. The molecule has 2 aliphatic rings. The fourth-order valence-electron chi connectivity index (χ4n) is 2.47. The van der Waals surface area contributed by atoms with Crippen LogP contribution in [0.1, 0.15) is 5.69 Å². The second-order valence-corrected chi connectivity index (χ2v) is 4.47. The van der Waals surface area contributed by atoms with E-state index in [0.29, 0.717) is 6.79 Å². The molecule has 3 heterocycles. The van der Waals surface area contributed by atoms with Crippen LogP contribution in [-0.2, 0) is 13.1 Å². The van der Waals surface area contributed by atoms with Crippen molar-refractivity contribution in [2.75, 3.05) is 13.3 Å². The summed E-state index contributed by atoms with van der Waals surface area (Å²) in [5.74, 6) is 2.62. The molecule has 2 aromatic rings. The quantitative estimate of drug-likeness (QED) is 0.822. The van der Waals surface area contributed by atoms with Crippen LogP contribution in [0.4, 0.5) is 0 Å². The van der Waals surface area contributed by atoms with Gasteiger partial charge in [-0.3, -0.25) is 0 Å². The van der Waals surface area contributed by atoms with E-state index in [4.69, 9.17) is 9.47 Å². The van der Waals surface area contributed by atoms with E-state index in [2.05, 4.69) is 14.9 Å². The van der Waals surface area contributed by atoms with Gasteiger partial charge in [0.05, 0.1) is 11.9 Å². The highest BCUT2D eigenvalue weighted by Crippen LogP contribution is 2.35. The minimum Gasteiger partial charge on any atom is -0.454 e. The monoisotopic (exact) mass is 243 g/mol. The lowest BCUT2D eigenvalue weighted by Crippen LogP contribution is -2.27. The number of hydrogen-bond acceptors (Lipinski definition) is 4. The van der Waals surface area contributed by atoms with Gasteiger partial charge in [0, 0.05) is 25.2 Å². The number of ether oxygens (including phenoxy) is 2. The second-order valence-electron chi connectivity index (χ2n) is 4.47. The Morgan fingerprint density at radius 3 is 3.17 bits per heavy atom. The molecule has 5 heteroatoms. The van der Waals surface area contributed by atoms with Crippen LogP contribution in [0.25, 0.3) is 11.4 Å². The van der Waals surface area contributed by atoms with Crippen molar-refractivity contribution >= 4 is 0 Å². The Morgan fingerprint density at radius 2 is 2.17 bits per heavy atom. The summed E-state index contributed by atoms with van der Waals surface area (Å²) in [7, 11) is 0. The molecule has 5 nitrogen and oxygen atoms in total. The standard InChI is InChI=1S/C13H13N3O2/c1-2-11-12(18-8-17-11)5-9(1)13-15-7-10-6-14-3-4-16(10)13/h1-2,5,7,14H,3-4,6,8H2. The topological polar surface area (TPSA) is 48.3 Å². The van der Waals surface area contributed by atoms with E-state index in [1.807, 2.05) is 24.4 Å². The minimum absolute atomic E-state index is 0.308. The first-order valence-electron chi connectivity index (χ1n) is 6.07. The molecule has 1 aromatic heterocycles. The van der Waals surface area contributed by atoms with Crippen LogP contribution < -0.4 is 14.8 Å². The number of imidazole rings is 1. The van der Waals surface area contributed by atoms with Crippen molar-refractivity contribution in [3.8, 4) is 22.9 Å². The molecule has 0 fully saturated rings. The van der Waals surface area contributed by atoms with E-state index in [1.54, 1.807) is 0 Å². The molecule has 0 unspecified atom stereocenters. The number of benzene rings is 1. The number of nitrogens with zero attached hydrogens (tertiary/aromatic N) is 2. The number of aromatic nitrogens is 2. The van der Waals surface area contributed by atoms with E-state index in [9.17, 15) is 0 Å². The van der Waals surface area contributed by atoms with Gasteiger partial charge in [0.25, 0.3) is 0 Å². The van der Waals surface area contributed by atoms with Crippen molar-refractivity contribution in [2.24, 2.45) is 0 Å². The van der Waals surface area contributed by atoms with Gasteiger partial charge < -0.3 is 19.4 Å². The normalized spacial score (nSPS) is 16.7. The van der Waals surface area contributed by atoms with Crippen molar-refractivity contribution < 1.29 is 9.47 Å². The maximum atomic E-state index is 5.41. The summed E-state index contributed by atoms with van der Waals surface area (Å²) in [4.78, 5) is 4.52. The lowest BCUT2D eigenvalue weighted by molar-refractivity contribution is 0.174. The van der Waals surface area contributed by atoms with Crippen LogP contribution in [0.2, 0.25) is 0 Å². The van der Waals surface area contributed by atoms with Crippen LogP contribution in [0.15, 0.2) is 24.4 Å². The highest BCUT2D eigenvalue weighted by Gasteiger charge is 2.18. The Balaban J connectivity index is 1.81. The van der Waals surface area contributed by atoms with Crippen LogP contribution in [0.3, 0.4) is 0 Å². The second kappa shape index (κ2) is 3.74. The number of hydrogen-bond donors (Lipinski definition) is 1. The molecule has 0 aliphatic carbocycles. The Kier molecular flexibility index (Phi) is 2.07. The summed E-state index contributed by atoms with van der Waals surface area (Å²) in [5.41, 5.74) is 2.31. The van der Waals surface area contributed by atoms with Crippen LogP contribution >= 0.6 is 0 Å². The largest absolute Gasteiger partial charge is 0.454 e. The molecule has 0 amide bonds. The maximum absolute atomic E-state index is 5.41. The lowest BCUT2D eigenvalue weighted by atomic mass is 10.2. The fourth-order valence-corrected chi connectivity index (χ4v) is 2.47. The zero-order chi connectivity index (χ0) is 11.9. The average molecular weight is 243 g/mol. The molecule has 2 aliphatic heterocycles. The number of nitrogens with one attached hydrogen (secondary N) is 1. The predicted octanol–water partition coefficient (Wildman–Crippen LogP) is 1.38. The third-order valence-electron chi connectivity index (χ3n) is 3.39. The van der Waals surface area contributed by atoms with Gasteiger partial charge in [-0.05, 0) is 18.2 Å². The van der Waals surface area contributed by atoms with Gasteiger partial charge in [-0.1, -0.05) is 0 Å². The third-order valence-corrected chi connectivity index (χ3v) is 3.39. The minimum atomic E-state index is 0.308. The molecule has 0 saturated carbocycles. The molecule has 18 heavy (non-hydrogen) atoms. The van der Waals surface area contributed by atoms with Crippen molar-refractivity contribution in [3.05, 3.63) is 30.1 Å². The molecular weight excluding hydrogens is 230 g/mol. The van der Waals surface area contributed by atoms with Gasteiger partial charge in [-0.2, -0.15) is 0 Å². The van der Waals surface area contributed by atoms with Crippen molar-refractivity contribution in [3.63, 3.8) is 0 Å². The summed E-state index contributed by atoms with van der Waals surface area (Å²) < 4.78 is 13.0. The third kappa shape index (κ3) is 1.41. The Labute approximate surface area is 104 Å². The van der Waals surface area contributed by atoms with Crippen molar-refractivity contribution in [1.82, 2.24) is 14.9 Å². The molecule has 0 spiro atoms. The Bertz CT molecular complexity index is 606. The zero-order valence-electron chi connectivity index (χ0n) is 9.85. The van der Waals surface area contributed by atoms with Gasteiger partial charge in [0.2, 0.25) is 6.79 Å². The summed E-state index contributed by atoms with van der Waals surface area (Å²) in [5, 5.41) is 3.34. The van der Waals surface area contributed by atoms with Gasteiger partial charge in [-0.15, -0.1) is 0 Å². The van der Waals surface area contributed by atoms with Crippen LogP contribution in [0, 0.1) is 0 Å². The molecule has 92 valence electrons. The van der Waals surface area contributed by atoms with Gasteiger partial charge in [0.1, 0.15) is 5.82 Å². The highest BCUT2D eigenvalue weighted by atomic mass is 16.7. The highest BCUT2D eigenvalue weighted by molar-refractivity contribution is 5.62. The molecule has 0 bridgehead atoms. The maximum Gasteiger partial charge on any atom is 0.231 e. The van der Waals surface area contributed by atoms with Gasteiger partial charge in [0.15, 0.2) is 11.5 Å². The molecule has 4 rings (SSSR count). The summed E-state index contributed by atoms with van der Waals surface area (Å²) in [6.45, 7) is 3.14. The smallest absolute Gasteiger partial charge is 0.231 e. The average Bonchev–Trinajstić information content (AvgIpc) is 3.04. The van der Waals surface area contributed by atoms with E-state index in [-0.39, 0.29) is 0 Å². The molecule has 0 saturated heterocycles. The van der Waals surface area contributed by atoms with E-state index >= 15 is 0 Å². The van der Waals surface area contributed by atoms with E-state index < -0.39 is 0 Å². The van der Waals surface area contributed by atoms with Crippen LogP contribution in [-0.4, -0.2) is 22.9 Å². The first kappa shape index (κ1) is 9.96. The SMILES string of the molecule is c1cc2c(cc1-c1ncc3n1CCNC3)OCO2. The molecule has 1 N–H and O–H groups in total. The predicted molar refractivity (Wildman–Crippen MR) is 65.5 cm³/mol. The van der Waals surface area contributed by atoms with Crippen LogP contribution in [0.5, 0.6) is 11.5 Å². The molecule has 0 radical (unpaired) electrons. The first-order valence-corrected chi connectivity index (χ1v) is 6.07. The summed E-state index contributed by atoms with van der Waals surface area (Å²) in [6, 6.07) is 5.98. The van der Waals surface area contributed by atoms with E-state index in [1.165, 1.54) is 5.69 Å². The van der Waals surface area contributed by atoms with Crippen molar-refractivity contribution in [2.45, 2.75) is 13.1 Å². The number of rotatable bonds is 1.